The van der Waals surface area contributed by atoms with Gasteiger partial charge in [-0.3, -0.25) is 14.5 Å². The Kier molecular flexibility index (Phi) is 5.43. The Morgan fingerprint density at radius 1 is 1.36 bits per heavy atom. The maximum absolute atomic E-state index is 13.1. The number of nitrogens with zero attached hydrogens (tertiary/aromatic N) is 2. The van der Waals surface area contributed by atoms with E-state index in [2.05, 4.69) is 10.2 Å². The molecule has 4 atom stereocenters. The number of pyridine rings is 1. The number of carbonyl (C=O) groups excluding carboxylic acids is 1. The van der Waals surface area contributed by atoms with Gasteiger partial charge in [0.1, 0.15) is 0 Å². The molecule has 6 heteroatoms. The van der Waals surface area contributed by atoms with Crippen LogP contribution in [0.2, 0.25) is 0 Å². The Balaban J connectivity index is 1.78. The maximum atomic E-state index is 13.1. The molecule has 3 heterocycles. The van der Waals surface area contributed by atoms with Crippen molar-refractivity contribution >= 4 is 12.0 Å². The molecule has 6 nitrogen and oxygen atoms in total. The lowest BCUT2D eigenvalue weighted by molar-refractivity contribution is -0.127. The molecule has 28 heavy (non-hydrogen) atoms. The number of aliphatic hydroxyl groups is 1. The van der Waals surface area contributed by atoms with Crippen LogP contribution in [0.5, 0.6) is 0 Å². The van der Waals surface area contributed by atoms with E-state index in [4.69, 9.17) is 0 Å². The number of aliphatic hydroxyl groups excluding tert-OH is 1. The molecule has 0 unspecified atom stereocenters. The molecule has 0 spiro atoms. The summed E-state index contributed by atoms with van der Waals surface area (Å²) < 4.78 is 1.85. The van der Waals surface area contributed by atoms with Crippen molar-refractivity contribution in [3.05, 3.63) is 39.8 Å². The van der Waals surface area contributed by atoms with Gasteiger partial charge >= 0.3 is 0 Å². The first kappa shape index (κ1) is 19.4. The van der Waals surface area contributed by atoms with Crippen LogP contribution in [0.3, 0.4) is 0 Å². The Hall–Kier alpha value is -1.92. The average Bonchev–Trinajstić information content (AvgIpc) is 3.47. The fraction of sp³-hybridized carbons (Fsp3) is 0.636. The van der Waals surface area contributed by atoms with E-state index in [0.717, 1.165) is 18.7 Å². The van der Waals surface area contributed by atoms with Gasteiger partial charge in [-0.25, -0.2) is 0 Å². The van der Waals surface area contributed by atoms with Crippen molar-refractivity contribution in [3.63, 3.8) is 0 Å². The molecule has 1 saturated carbocycles. The van der Waals surface area contributed by atoms with Crippen LogP contribution >= 0.6 is 0 Å². The quantitative estimate of drug-likeness (QED) is 0.750. The third kappa shape index (κ3) is 3.22. The minimum absolute atomic E-state index is 0.00276. The van der Waals surface area contributed by atoms with Crippen LogP contribution in [0.15, 0.2) is 23.0 Å². The molecule has 3 aliphatic rings. The van der Waals surface area contributed by atoms with Gasteiger partial charge < -0.3 is 15.0 Å². The lowest BCUT2D eigenvalue weighted by atomic mass is 9.86. The molecule has 1 saturated heterocycles. The molecule has 1 aromatic rings. The Morgan fingerprint density at radius 3 is 2.79 bits per heavy atom. The molecule has 1 aliphatic carbocycles. The topological polar surface area (TPSA) is 74.6 Å². The standard InChI is InChI=1S/C22H31N3O3/c1-3-5-15-8-9-17-20-19(21(27)23-10-4-2)16(13-26)18(12-25(17)22(15)28)24(20)11-14-6-7-14/h3,5,8-9,14,16,18-20,26H,4,6-7,10-13H2,1-2H3,(H,23,27)/b5-3-/t16-,18-,19+,20+/m1/s1. The van der Waals surface area contributed by atoms with Gasteiger partial charge in [0.15, 0.2) is 0 Å². The number of aromatic nitrogens is 1. The molecule has 2 bridgehead atoms. The lowest BCUT2D eigenvalue weighted by Gasteiger charge is -2.38. The second-order valence-electron chi connectivity index (χ2n) is 8.44. The summed E-state index contributed by atoms with van der Waals surface area (Å²) in [5.41, 5.74) is 1.60. The van der Waals surface area contributed by atoms with E-state index < -0.39 is 0 Å². The Bertz CT molecular complexity index is 827. The second-order valence-corrected chi connectivity index (χ2v) is 8.44. The van der Waals surface area contributed by atoms with Crippen LogP contribution in [0.25, 0.3) is 6.08 Å². The smallest absolute Gasteiger partial charge is 0.258 e. The second kappa shape index (κ2) is 7.84. The first-order valence-corrected chi connectivity index (χ1v) is 10.6. The summed E-state index contributed by atoms with van der Waals surface area (Å²) in [6.45, 7) is 6.05. The molecule has 0 radical (unpaired) electrons. The molecule has 4 rings (SSSR count). The predicted molar refractivity (Wildman–Crippen MR) is 109 cm³/mol. The zero-order valence-corrected chi connectivity index (χ0v) is 16.8. The minimum atomic E-state index is -0.319. The van der Waals surface area contributed by atoms with E-state index in [0.29, 0.717) is 24.6 Å². The molecule has 2 fully saturated rings. The van der Waals surface area contributed by atoms with Gasteiger partial charge in [0.05, 0.1) is 12.0 Å². The van der Waals surface area contributed by atoms with Gasteiger partial charge in [-0.15, -0.1) is 0 Å². The van der Waals surface area contributed by atoms with Crippen LogP contribution in [0.4, 0.5) is 0 Å². The number of amides is 1. The number of hydrogen-bond acceptors (Lipinski definition) is 4. The van der Waals surface area contributed by atoms with Crippen molar-refractivity contribution in [2.45, 2.75) is 51.7 Å². The summed E-state index contributed by atoms with van der Waals surface area (Å²) in [6.07, 6.45) is 7.06. The fourth-order valence-electron chi connectivity index (χ4n) is 5.06. The number of fused-ring (bicyclic) bond motifs is 4. The van der Waals surface area contributed by atoms with Gasteiger partial charge in [0.2, 0.25) is 5.91 Å². The molecule has 1 amide bonds. The molecule has 0 aromatic carbocycles. The number of rotatable bonds is 7. The highest BCUT2D eigenvalue weighted by molar-refractivity contribution is 5.80. The number of allylic oxidation sites excluding steroid dienone is 1. The van der Waals surface area contributed by atoms with Crippen LogP contribution in [-0.4, -0.2) is 46.2 Å². The van der Waals surface area contributed by atoms with Crippen molar-refractivity contribution in [2.24, 2.45) is 17.8 Å². The van der Waals surface area contributed by atoms with Crippen LogP contribution < -0.4 is 10.9 Å². The van der Waals surface area contributed by atoms with Crippen LogP contribution in [0, 0.1) is 17.8 Å². The Labute approximate surface area is 166 Å². The van der Waals surface area contributed by atoms with E-state index in [-0.39, 0.29) is 42.0 Å². The summed E-state index contributed by atoms with van der Waals surface area (Å²) in [5, 5.41) is 13.2. The highest BCUT2D eigenvalue weighted by Crippen LogP contribution is 2.49. The molecular formula is C22H31N3O3. The van der Waals surface area contributed by atoms with Gasteiger partial charge in [-0.05, 0) is 44.2 Å². The van der Waals surface area contributed by atoms with Gasteiger partial charge in [0.25, 0.3) is 5.56 Å². The highest BCUT2D eigenvalue weighted by atomic mass is 16.3. The monoisotopic (exact) mass is 385 g/mol. The summed E-state index contributed by atoms with van der Waals surface area (Å²) >= 11 is 0. The first-order valence-electron chi connectivity index (χ1n) is 10.6. The SMILES string of the molecule is C/C=C\c1ccc2n(c1=O)C[C@@H]1[C@@H](CO)[C@H](C(=O)NCCC)[C@H]2N1CC1CC1. The Morgan fingerprint density at radius 2 is 2.14 bits per heavy atom. The third-order valence-electron chi connectivity index (χ3n) is 6.56. The van der Waals surface area contributed by atoms with Crippen LogP contribution in [-0.2, 0) is 11.3 Å². The van der Waals surface area contributed by atoms with Crippen molar-refractivity contribution in [3.8, 4) is 0 Å². The minimum Gasteiger partial charge on any atom is -0.396 e. The van der Waals surface area contributed by atoms with E-state index >= 15 is 0 Å². The molecule has 2 N–H and O–H groups in total. The van der Waals surface area contributed by atoms with E-state index in [9.17, 15) is 14.7 Å². The number of hydrogen-bond donors (Lipinski definition) is 2. The predicted octanol–water partition coefficient (Wildman–Crippen LogP) is 1.78. The molecule has 1 aromatic heterocycles. The normalized spacial score (nSPS) is 29.2. The molecule has 2 aliphatic heterocycles. The highest BCUT2D eigenvalue weighted by Gasteiger charge is 2.56. The van der Waals surface area contributed by atoms with E-state index in [1.165, 1.54) is 12.8 Å². The van der Waals surface area contributed by atoms with E-state index in [1.54, 1.807) is 0 Å². The van der Waals surface area contributed by atoms with E-state index in [1.807, 2.05) is 42.7 Å². The number of carbonyl (C=O) groups is 1. The van der Waals surface area contributed by atoms with Crippen molar-refractivity contribution in [2.75, 3.05) is 19.7 Å². The first-order chi connectivity index (χ1) is 13.6. The van der Waals surface area contributed by atoms with Gasteiger partial charge in [-0.1, -0.05) is 19.1 Å². The van der Waals surface area contributed by atoms with Crippen molar-refractivity contribution in [1.82, 2.24) is 14.8 Å². The average molecular weight is 386 g/mol. The maximum Gasteiger partial charge on any atom is 0.258 e. The lowest BCUT2D eigenvalue weighted by Crippen LogP contribution is -2.47. The van der Waals surface area contributed by atoms with Crippen molar-refractivity contribution in [1.29, 1.82) is 0 Å². The summed E-state index contributed by atoms with van der Waals surface area (Å²) in [5.74, 6) is 0.223. The third-order valence-corrected chi connectivity index (χ3v) is 6.56. The van der Waals surface area contributed by atoms with Crippen LogP contribution in [0.1, 0.15) is 50.4 Å². The van der Waals surface area contributed by atoms with Gasteiger partial charge in [0, 0.05) is 49.5 Å². The van der Waals surface area contributed by atoms with Gasteiger partial charge in [-0.2, -0.15) is 0 Å². The fourth-order valence-corrected chi connectivity index (χ4v) is 5.06. The molecule has 152 valence electrons. The summed E-state index contributed by atoms with van der Waals surface area (Å²) in [4.78, 5) is 28.5. The number of nitrogens with one attached hydrogen (secondary N) is 1. The largest absolute Gasteiger partial charge is 0.396 e. The van der Waals surface area contributed by atoms with Crippen molar-refractivity contribution < 1.29 is 9.90 Å². The summed E-state index contributed by atoms with van der Waals surface area (Å²) in [7, 11) is 0. The zero-order valence-electron chi connectivity index (χ0n) is 16.8. The zero-order chi connectivity index (χ0) is 19.8. The molecular weight excluding hydrogens is 354 g/mol. The summed E-state index contributed by atoms with van der Waals surface area (Å²) in [6, 6.07) is 3.77.